The van der Waals surface area contributed by atoms with Gasteiger partial charge in [0.2, 0.25) is 5.95 Å². The maximum atomic E-state index is 13.9. The molecule has 8 nitrogen and oxygen atoms in total. The third kappa shape index (κ3) is 3.12. The maximum absolute atomic E-state index is 13.9. The smallest absolute Gasteiger partial charge is 0.296 e. The largest absolute Gasteiger partial charge is 0.380 e. The fourth-order valence-corrected chi connectivity index (χ4v) is 4.52. The summed E-state index contributed by atoms with van der Waals surface area (Å²) in [5.74, 6) is 1.36. The molecule has 6 rings (SSSR count). The van der Waals surface area contributed by atoms with Crippen LogP contribution >= 0.6 is 0 Å². The van der Waals surface area contributed by atoms with E-state index >= 15 is 0 Å². The number of benzene rings is 1. The van der Waals surface area contributed by atoms with E-state index in [-0.39, 0.29) is 11.2 Å². The SMILES string of the molecule is FC(F)c1nc2ccccc2n1-c1cc(N2CC3(COC3)C2)nc(N2CCOCC2)n1. The normalized spacial score (nSPS) is 20.4. The first kappa shape index (κ1) is 18.9. The summed E-state index contributed by atoms with van der Waals surface area (Å²) in [6.07, 6.45) is -2.72. The molecule has 0 radical (unpaired) electrons. The molecule has 3 saturated heterocycles. The van der Waals surface area contributed by atoms with Crippen molar-refractivity contribution in [1.29, 1.82) is 0 Å². The average molecular weight is 428 g/mol. The number of hydrogen-bond donors (Lipinski definition) is 0. The molecular formula is C21H22F2N6O2. The van der Waals surface area contributed by atoms with E-state index in [9.17, 15) is 8.78 Å². The van der Waals surface area contributed by atoms with Crippen LogP contribution < -0.4 is 9.80 Å². The Kier molecular flexibility index (Phi) is 4.32. The topological polar surface area (TPSA) is 68.5 Å². The molecule has 3 aliphatic heterocycles. The Morgan fingerprint density at radius 2 is 1.65 bits per heavy atom. The van der Waals surface area contributed by atoms with Gasteiger partial charge >= 0.3 is 0 Å². The summed E-state index contributed by atoms with van der Waals surface area (Å²) in [7, 11) is 0. The van der Waals surface area contributed by atoms with Gasteiger partial charge in [-0.05, 0) is 12.1 Å². The van der Waals surface area contributed by atoms with Gasteiger partial charge in [0.1, 0.15) is 11.6 Å². The number of ether oxygens (including phenoxy) is 2. The van der Waals surface area contributed by atoms with Gasteiger partial charge in [-0.1, -0.05) is 12.1 Å². The predicted octanol–water partition coefficient (Wildman–Crippen LogP) is 2.43. The summed E-state index contributed by atoms with van der Waals surface area (Å²) in [6, 6.07) is 8.92. The van der Waals surface area contributed by atoms with Crippen LogP contribution in [0.2, 0.25) is 0 Å². The number of imidazole rings is 1. The Morgan fingerprint density at radius 3 is 2.35 bits per heavy atom. The number of alkyl halides is 2. The molecule has 0 amide bonds. The van der Waals surface area contributed by atoms with E-state index in [4.69, 9.17) is 19.4 Å². The van der Waals surface area contributed by atoms with Crippen molar-refractivity contribution in [2.45, 2.75) is 6.43 Å². The summed E-state index contributed by atoms with van der Waals surface area (Å²) in [4.78, 5) is 17.9. The Hall–Kier alpha value is -2.85. The molecule has 5 heterocycles. The Bertz CT molecular complexity index is 1120. The Morgan fingerprint density at radius 1 is 0.903 bits per heavy atom. The van der Waals surface area contributed by atoms with Crippen LogP contribution in [0.1, 0.15) is 12.2 Å². The fraction of sp³-hybridized carbons (Fsp3) is 0.476. The van der Waals surface area contributed by atoms with Gasteiger partial charge in [0.05, 0.1) is 42.9 Å². The molecular weight excluding hydrogens is 406 g/mol. The number of para-hydroxylation sites is 2. The maximum Gasteiger partial charge on any atom is 0.296 e. The highest BCUT2D eigenvalue weighted by atomic mass is 19.3. The predicted molar refractivity (Wildman–Crippen MR) is 110 cm³/mol. The number of hydrogen-bond acceptors (Lipinski definition) is 7. The van der Waals surface area contributed by atoms with Gasteiger partial charge in [0.15, 0.2) is 5.82 Å². The molecule has 162 valence electrons. The monoisotopic (exact) mass is 428 g/mol. The number of rotatable bonds is 4. The van der Waals surface area contributed by atoms with Crippen LogP contribution in [0, 0.1) is 5.41 Å². The molecule has 0 unspecified atom stereocenters. The van der Waals surface area contributed by atoms with E-state index < -0.39 is 6.43 Å². The molecule has 0 atom stereocenters. The molecule has 10 heteroatoms. The van der Waals surface area contributed by atoms with Crippen LogP contribution in [0.5, 0.6) is 0 Å². The number of halogens is 2. The number of fused-ring (bicyclic) bond motifs is 1. The van der Waals surface area contributed by atoms with Crippen LogP contribution in [0.4, 0.5) is 20.5 Å². The minimum Gasteiger partial charge on any atom is -0.380 e. The molecule has 31 heavy (non-hydrogen) atoms. The summed E-state index contributed by atoms with van der Waals surface area (Å²) in [5, 5.41) is 0. The molecule has 0 bridgehead atoms. The lowest BCUT2D eigenvalue weighted by Gasteiger charge is -2.55. The zero-order valence-electron chi connectivity index (χ0n) is 16.9. The molecule has 1 spiro atoms. The van der Waals surface area contributed by atoms with E-state index in [0.717, 1.165) is 32.1 Å². The van der Waals surface area contributed by atoms with Gasteiger partial charge in [-0.3, -0.25) is 4.57 Å². The number of nitrogens with zero attached hydrogens (tertiary/aromatic N) is 6. The van der Waals surface area contributed by atoms with Gasteiger partial charge < -0.3 is 19.3 Å². The van der Waals surface area contributed by atoms with Crippen molar-refractivity contribution < 1.29 is 18.3 Å². The van der Waals surface area contributed by atoms with Crippen molar-refractivity contribution in [3.8, 4) is 5.82 Å². The zero-order valence-corrected chi connectivity index (χ0v) is 16.9. The third-order valence-electron chi connectivity index (χ3n) is 6.19. The fourth-order valence-electron chi connectivity index (χ4n) is 4.52. The number of morpholine rings is 1. The highest BCUT2D eigenvalue weighted by Crippen LogP contribution is 2.40. The number of aromatic nitrogens is 4. The van der Waals surface area contributed by atoms with E-state index in [0.29, 0.717) is 49.1 Å². The van der Waals surface area contributed by atoms with Gasteiger partial charge in [-0.2, -0.15) is 9.97 Å². The second kappa shape index (κ2) is 7.10. The second-order valence-electron chi connectivity index (χ2n) is 8.43. The highest BCUT2D eigenvalue weighted by Gasteiger charge is 2.49. The summed E-state index contributed by atoms with van der Waals surface area (Å²) >= 11 is 0. The molecule has 1 aromatic carbocycles. The highest BCUT2D eigenvalue weighted by molar-refractivity contribution is 5.78. The lowest BCUT2D eigenvalue weighted by Crippen LogP contribution is -2.66. The third-order valence-corrected chi connectivity index (χ3v) is 6.19. The van der Waals surface area contributed by atoms with Crippen molar-refractivity contribution in [2.75, 3.05) is 62.4 Å². The van der Waals surface area contributed by atoms with Gasteiger partial charge in [0.25, 0.3) is 6.43 Å². The lowest BCUT2D eigenvalue weighted by atomic mass is 9.78. The van der Waals surface area contributed by atoms with Crippen molar-refractivity contribution in [3.05, 3.63) is 36.2 Å². The van der Waals surface area contributed by atoms with E-state index in [1.165, 1.54) is 4.57 Å². The summed E-state index contributed by atoms with van der Waals surface area (Å²) in [5.41, 5.74) is 1.32. The van der Waals surface area contributed by atoms with E-state index in [2.05, 4.69) is 9.88 Å². The quantitative estimate of drug-likeness (QED) is 0.632. The van der Waals surface area contributed by atoms with Crippen LogP contribution in [0.15, 0.2) is 30.3 Å². The first-order chi connectivity index (χ1) is 15.1. The number of anilines is 2. The van der Waals surface area contributed by atoms with Crippen LogP contribution in [0.3, 0.4) is 0 Å². The summed E-state index contributed by atoms with van der Waals surface area (Å²) < 4.78 is 40.1. The van der Waals surface area contributed by atoms with Crippen molar-refractivity contribution in [3.63, 3.8) is 0 Å². The van der Waals surface area contributed by atoms with E-state index in [1.807, 2.05) is 11.0 Å². The van der Waals surface area contributed by atoms with Crippen LogP contribution in [-0.2, 0) is 9.47 Å². The average Bonchev–Trinajstić information content (AvgIpc) is 3.12. The van der Waals surface area contributed by atoms with E-state index in [1.54, 1.807) is 24.3 Å². The van der Waals surface area contributed by atoms with Crippen molar-refractivity contribution >= 4 is 22.8 Å². The van der Waals surface area contributed by atoms with Gasteiger partial charge in [-0.25, -0.2) is 13.8 Å². The van der Waals surface area contributed by atoms with Gasteiger partial charge in [0, 0.05) is 32.2 Å². The van der Waals surface area contributed by atoms with Crippen LogP contribution in [-0.4, -0.2) is 72.1 Å². The minimum absolute atomic E-state index is 0.208. The first-order valence-corrected chi connectivity index (χ1v) is 10.4. The van der Waals surface area contributed by atoms with Crippen molar-refractivity contribution in [1.82, 2.24) is 19.5 Å². The molecule has 3 aromatic rings. The molecule has 3 fully saturated rings. The summed E-state index contributed by atoms with van der Waals surface area (Å²) in [6.45, 7) is 5.71. The lowest BCUT2D eigenvalue weighted by molar-refractivity contribution is -0.127. The standard InChI is InChI=1S/C21H22F2N6O2/c22-18(23)19-24-14-3-1-2-4-15(14)29(19)17-9-16(28-10-21(11-28)12-31-13-21)25-20(26-17)27-5-7-30-8-6-27/h1-4,9,18H,5-8,10-13H2. The molecule has 0 saturated carbocycles. The molecule has 2 aromatic heterocycles. The van der Waals surface area contributed by atoms with Gasteiger partial charge in [-0.15, -0.1) is 0 Å². The first-order valence-electron chi connectivity index (χ1n) is 10.4. The minimum atomic E-state index is -2.72. The van der Waals surface area contributed by atoms with Crippen molar-refractivity contribution in [2.24, 2.45) is 5.41 Å². The van der Waals surface area contributed by atoms with Crippen LogP contribution in [0.25, 0.3) is 16.9 Å². The Balaban J connectivity index is 1.47. The molecule has 0 N–H and O–H groups in total. The zero-order chi connectivity index (χ0) is 21.0. The second-order valence-corrected chi connectivity index (χ2v) is 8.43. The molecule has 0 aliphatic carbocycles. The molecule has 3 aliphatic rings. The Labute approximate surface area is 177 Å².